The molecule has 5 aromatic rings. The van der Waals surface area contributed by atoms with Gasteiger partial charge in [0.2, 0.25) is 11.8 Å². The molecule has 0 bridgehead atoms. The summed E-state index contributed by atoms with van der Waals surface area (Å²) >= 11 is 1.48. The van der Waals surface area contributed by atoms with Crippen molar-refractivity contribution in [3.8, 4) is 11.5 Å². The van der Waals surface area contributed by atoms with Crippen molar-refractivity contribution in [1.29, 1.82) is 0 Å². The van der Waals surface area contributed by atoms with Crippen LogP contribution in [-0.2, 0) is 32.0 Å². The van der Waals surface area contributed by atoms with E-state index in [1.807, 2.05) is 82.6 Å². The zero-order valence-corrected chi connectivity index (χ0v) is 28.9. The molecule has 2 aliphatic heterocycles. The van der Waals surface area contributed by atoms with E-state index in [9.17, 15) is 19.2 Å². The van der Waals surface area contributed by atoms with Crippen LogP contribution in [0.5, 0.6) is 11.5 Å². The minimum atomic E-state index is -0.408. The maximum Gasteiger partial charge on any atom is 0.308 e. The van der Waals surface area contributed by atoms with E-state index in [0.29, 0.717) is 24.6 Å². The summed E-state index contributed by atoms with van der Waals surface area (Å²) in [6.07, 6.45) is 2.14. The number of anilines is 2. The third-order valence-corrected chi connectivity index (χ3v) is 10.8. The van der Waals surface area contributed by atoms with Gasteiger partial charge >= 0.3 is 11.9 Å². The molecule has 2 aliphatic rings. The minimum absolute atomic E-state index is 0.0369. The molecule has 2 unspecified atom stereocenters. The molecule has 8 nitrogen and oxygen atoms in total. The summed E-state index contributed by atoms with van der Waals surface area (Å²) in [7, 11) is 0. The molecule has 9 heteroatoms. The largest absolute Gasteiger partial charge is 0.426 e. The van der Waals surface area contributed by atoms with E-state index in [1.54, 1.807) is 0 Å². The molecule has 250 valence electrons. The highest BCUT2D eigenvalue weighted by atomic mass is 32.1. The number of benzene rings is 4. The molecule has 0 saturated carbocycles. The molecule has 2 atom stereocenters. The average molecular weight is 675 g/mol. The van der Waals surface area contributed by atoms with Crippen molar-refractivity contribution in [3.05, 3.63) is 93.7 Å². The summed E-state index contributed by atoms with van der Waals surface area (Å²) in [6, 6.07) is 23.3. The Hall–Kier alpha value is -5.02. The number of ether oxygens (including phenoxy) is 2. The molecule has 3 heterocycles. The Morgan fingerprint density at radius 2 is 1.02 bits per heavy atom. The fourth-order valence-electron chi connectivity index (χ4n) is 7.54. The van der Waals surface area contributed by atoms with Crippen LogP contribution in [0.25, 0.3) is 21.5 Å². The van der Waals surface area contributed by atoms with Gasteiger partial charge in [-0.3, -0.25) is 19.2 Å². The molecule has 49 heavy (non-hydrogen) atoms. The third kappa shape index (κ3) is 5.97. The number of hydrogen-bond donors (Lipinski definition) is 0. The smallest absolute Gasteiger partial charge is 0.308 e. The lowest BCUT2D eigenvalue weighted by Crippen LogP contribution is -2.31. The van der Waals surface area contributed by atoms with Crippen LogP contribution in [0.4, 0.5) is 11.4 Å². The predicted octanol–water partition coefficient (Wildman–Crippen LogP) is 8.07. The third-order valence-electron chi connectivity index (χ3n) is 9.72. The van der Waals surface area contributed by atoms with Crippen molar-refractivity contribution < 1.29 is 28.7 Å². The summed E-state index contributed by atoms with van der Waals surface area (Å²) in [4.78, 5) is 57.1. The standard InChI is InChI=1S/C40H38N2O6S/c1-5-25-21-41(33-19-35(47-23(3)43)29-11-7-9-13-31(29)39(25)33)37(45)17-27-15-16-28(49-27)18-38(46)42-22-26(6-2)40-32-14-10-8-12-30(32)36(20-34(40)42)48-24(4)44/h7-16,19-20,25-26H,5-6,17-18,21-22H2,1-4H3. The van der Waals surface area contributed by atoms with E-state index >= 15 is 0 Å². The van der Waals surface area contributed by atoms with E-state index in [-0.39, 0.29) is 36.5 Å². The fourth-order valence-corrected chi connectivity index (χ4v) is 8.54. The maximum absolute atomic E-state index is 13.9. The van der Waals surface area contributed by atoms with Crippen LogP contribution in [0.15, 0.2) is 72.8 Å². The highest BCUT2D eigenvalue weighted by Crippen LogP contribution is 2.48. The van der Waals surface area contributed by atoms with Gasteiger partial charge in [-0.2, -0.15) is 0 Å². The lowest BCUT2D eigenvalue weighted by atomic mass is 9.93. The number of esters is 2. The Kier molecular flexibility index (Phi) is 8.71. The second-order valence-corrected chi connectivity index (χ2v) is 14.1. The summed E-state index contributed by atoms with van der Waals surface area (Å²) in [5, 5.41) is 3.71. The first-order chi connectivity index (χ1) is 23.7. The molecule has 0 fully saturated rings. The molecule has 7 rings (SSSR count). The van der Waals surface area contributed by atoms with Crippen LogP contribution in [0, 0.1) is 0 Å². The van der Waals surface area contributed by atoms with E-state index in [1.165, 1.54) is 25.2 Å². The van der Waals surface area contributed by atoms with Crippen molar-refractivity contribution in [2.75, 3.05) is 22.9 Å². The van der Waals surface area contributed by atoms with Gasteiger partial charge in [0.05, 0.1) is 24.2 Å². The van der Waals surface area contributed by atoms with Gasteiger partial charge in [-0.25, -0.2) is 0 Å². The molecular formula is C40H38N2O6S. The first-order valence-electron chi connectivity index (χ1n) is 16.8. The Morgan fingerprint density at radius 1 is 0.633 bits per heavy atom. The van der Waals surface area contributed by atoms with E-state index in [2.05, 4.69) is 13.8 Å². The van der Waals surface area contributed by atoms with Crippen molar-refractivity contribution in [3.63, 3.8) is 0 Å². The minimum Gasteiger partial charge on any atom is -0.426 e. The summed E-state index contributed by atoms with van der Waals surface area (Å²) in [5.74, 6) is 0.352. The molecule has 0 N–H and O–H groups in total. The van der Waals surface area contributed by atoms with Gasteiger partial charge in [0.25, 0.3) is 0 Å². The van der Waals surface area contributed by atoms with Gasteiger partial charge < -0.3 is 19.3 Å². The number of hydrogen-bond acceptors (Lipinski definition) is 7. The molecule has 0 spiro atoms. The van der Waals surface area contributed by atoms with Crippen molar-refractivity contribution >= 4 is 68.0 Å². The molecule has 0 aliphatic carbocycles. The first kappa shape index (κ1) is 32.5. The topological polar surface area (TPSA) is 93.2 Å². The van der Waals surface area contributed by atoms with Crippen LogP contribution >= 0.6 is 11.3 Å². The van der Waals surface area contributed by atoms with Crippen LogP contribution in [-0.4, -0.2) is 36.8 Å². The summed E-state index contributed by atoms with van der Waals surface area (Å²) in [6.45, 7) is 8.14. The van der Waals surface area contributed by atoms with Crippen LogP contribution in [0.2, 0.25) is 0 Å². The quantitative estimate of drug-likeness (QED) is 0.122. The number of rotatable bonds is 8. The van der Waals surface area contributed by atoms with Crippen molar-refractivity contribution in [2.45, 2.75) is 65.2 Å². The monoisotopic (exact) mass is 674 g/mol. The Bertz CT molecular complexity index is 2000. The Labute approximate surface area is 289 Å². The van der Waals surface area contributed by atoms with Gasteiger partial charge in [0.1, 0.15) is 11.5 Å². The first-order valence-corrected chi connectivity index (χ1v) is 17.6. The summed E-state index contributed by atoms with van der Waals surface area (Å²) < 4.78 is 11.2. The van der Waals surface area contributed by atoms with E-state index in [0.717, 1.165) is 66.6 Å². The normalized spacial score (nSPS) is 16.6. The lowest BCUT2D eigenvalue weighted by molar-refractivity contribution is -0.132. The van der Waals surface area contributed by atoms with Crippen LogP contribution in [0.1, 0.15) is 73.3 Å². The van der Waals surface area contributed by atoms with Gasteiger partial charge in [0, 0.05) is 71.4 Å². The highest BCUT2D eigenvalue weighted by molar-refractivity contribution is 7.12. The molecule has 1 aromatic heterocycles. The van der Waals surface area contributed by atoms with Crippen LogP contribution in [0.3, 0.4) is 0 Å². The predicted molar refractivity (Wildman–Crippen MR) is 193 cm³/mol. The molecule has 2 amide bonds. The lowest BCUT2D eigenvalue weighted by Gasteiger charge is -2.19. The second kappa shape index (κ2) is 13.1. The van der Waals surface area contributed by atoms with Gasteiger partial charge in [-0.05, 0) is 46.9 Å². The SMILES string of the molecule is CCC1CN(C(=O)Cc2ccc(CC(=O)N3CC(CC)c4c3cc(OC(C)=O)c3ccccc43)s2)c2cc(OC(C)=O)c3ccccc3c21. The maximum atomic E-state index is 13.9. The van der Waals surface area contributed by atoms with E-state index in [4.69, 9.17) is 9.47 Å². The van der Waals surface area contributed by atoms with Gasteiger partial charge in [-0.15, -0.1) is 11.3 Å². The number of carbonyl (C=O) groups excluding carboxylic acids is 4. The number of fused-ring (bicyclic) bond motifs is 6. The molecular weight excluding hydrogens is 637 g/mol. The number of thiophene rings is 1. The Morgan fingerprint density at radius 3 is 1.39 bits per heavy atom. The number of nitrogens with zero attached hydrogens (tertiary/aromatic N) is 2. The molecule has 0 saturated heterocycles. The zero-order valence-electron chi connectivity index (χ0n) is 28.1. The average Bonchev–Trinajstić information content (AvgIpc) is 3.79. The zero-order chi connectivity index (χ0) is 34.4. The molecule has 0 radical (unpaired) electrons. The molecule has 4 aromatic carbocycles. The van der Waals surface area contributed by atoms with Crippen molar-refractivity contribution in [1.82, 2.24) is 0 Å². The van der Waals surface area contributed by atoms with Crippen LogP contribution < -0.4 is 19.3 Å². The second-order valence-electron chi connectivity index (χ2n) is 12.8. The van der Waals surface area contributed by atoms with Crippen molar-refractivity contribution in [2.24, 2.45) is 0 Å². The number of carbonyl (C=O) groups is 4. The van der Waals surface area contributed by atoms with Gasteiger partial charge in [-0.1, -0.05) is 62.4 Å². The number of amides is 2. The fraction of sp³-hybridized carbons (Fsp3) is 0.300. The van der Waals surface area contributed by atoms with Gasteiger partial charge in [0.15, 0.2) is 0 Å². The Balaban J connectivity index is 1.12. The van der Waals surface area contributed by atoms with E-state index < -0.39 is 11.9 Å². The highest BCUT2D eigenvalue weighted by Gasteiger charge is 2.36. The summed E-state index contributed by atoms with van der Waals surface area (Å²) in [5.41, 5.74) is 3.80.